The smallest absolute Gasteiger partial charge is 0.326 e. The van der Waals surface area contributed by atoms with Gasteiger partial charge in [0.05, 0.1) is 0 Å². The average Bonchev–Trinajstić information content (AvgIpc) is 2.69. The summed E-state index contributed by atoms with van der Waals surface area (Å²) in [5.41, 5.74) is 7.45. The summed E-state index contributed by atoms with van der Waals surface area (Å²) in [6, 6.07) is 9.74. The third kappa shape index (κ3) is 7.08. The lowest BCUT2D eigenvalue weighted by molar-refractivity contribution is -0.142. The Kier molecular flexibility index (Phi) is 7.97. The summed E-state index contributed by atoms with van der Waals surface area (Å²) in [7, 11) is 0. The van der Waals surface area contributed by atoms with E-state index >= 15 is 0 Å². The zero-order chi connectivity index (χ0) is 21.4. The summed E-state index contributed by atoms with van der Waals surface area (Å²) in [4.78, 5) is 36.0. The number of nitrogen functional groups attached to an aromatic ring is 1. The number of amides is 2. The number of carboxylic acid groups (broad SMARTS) is 1. The van der Waals surface area contributed by atoms with Gasteiger partial charge in [-0.2, -0.15) is 0 Å². The van der Waals surface area contributed by atoms with Crippen LogP contribution in [0.3, 0.4) is 0 Å². The summed E-state index contributed by atoms with van der Waals surface area (Å²) < 4.78 is 13.0. The van der Waals surface area contributed by atoms with Crippen LogP contribution < -0.4 is 16.4 Å². The van der Waals surface area contributed by atoms with E-state index in [1.807, 2.05) is 0 Å². The highest BCUT2D eigenvalue weighted by atomic mass is 35.5. The average molecular weight is 422 g/mol. The fraction of sp³-hybridized carbons (Fsp3) is 0.250. The van der Waals surface area contributed by atoms with Crippen LogP contribution in [0.1, 0.15) is 11.1 Å². The van der Waals surface area contributed by atoms with Crippen molar-refractivity contribution in [2.24, 2.45) is 0 Å². The van der Waals surface area contributed by atoms with Gasteiger partial charge < -0.3 is 21.5 Å². The standard InChI is InChI=1S/C20H21ClFN3O4/c21-11-18(26)24-16(9-13-3-7-15(23)8-4-13)19(27)25-17(20(28)29)10-12-1-5-14(22)6-2-12/h1-8,16-17H,9-11,23H2,(H,24,26)(H,25,27)(H,28,29)/t16-,17-/m0/s1. The number of carbonyl (C=O) groups excluding carboxylic acids is 2. The molecule has 154 valence electrons. The van der Waals surface area contributed by atoms with Crippen molar-refractivity contribution in [3.05, 3.63) is 65.5 Å². The molecule has 29 heavy (non-hydrogen) atoms. The number of benzene rings is 2. The molecule has 0 saturated heterocycles. The molecular formula is C20H21ClFN3O4. The Morgan fingerprint density at radius 2 is 1.45 bits per heavy atom. The highest BCUT2D eigenvalue weighted by molar-refractivity contribution is 6.27. The van der Waals surface area contributed by atoms with E-state index in [-0.39, 0.29) is 18.7 Å². The molecule has 0 spiro atoms. The lowest BCUT2D eigenvalue weighted by Crippen LogP contribution is -2.53. The summed E-state index contributed by atoms with van der Waals surface area (Å²) in [6.07, 6.45) is 0.0804. The fourth-order valence-corrected chi connectivity index (χ4v) is 2.74. The van der Waals surface area contributed by atoms with Crippen molar-refractivity contribution in [1.82, 2.24) is 10.6 Å². The third-order valence-corrected chi connectivity index (χ3v) is 4.40. The second kappa shape index (κ2) is 10.4. The van der Waals surface area contributed by atoms with Crippen molar-refractivity contribution in [2.75, 3.05) is 11.6 Å². The van der Waals surface area contributed by atoms with Crippen LogP contribution in [-0.4, -0.2) is 40.9 Å². The number of hydrogen-bond donors (Lipinski definition) is 4. The monoisotopic (exact) mass is 421 g/mol. The Bertz CT molecular complexity index is 859. The molecule has 0 saturated carbocycles. The Morgan fingerprint density at radius 3 is 1.97 bits per heavy atom. The zero-order valence-electron chi connectivity index (χ0n) is 15.4. The predicted molar refractivity (Wildman–Crippen MR) is 107 cm³/mol. The maximum atomic E-state index is 13.0. The fourth-order valence-electron chi connectivity index (χ4n) is 2.66. The first-order chi connectivity index (χ1) is 13.8. The summed E-state index contributed by atoms with van der Waals surface area (Å²) in [6.45, 7) is 0. The van der Waals surface area contributed by atoms with Crippen molar-refractivity contribution >= 4 is 35.1 Å². The van der Waals surface area contributed by atoms with Crippen molar-refractivity contribution in [3.63, 3.8) is 0 Å². The molecule has 0 bridgehead atoms. The Balaban J connectivity index is 2.13. The number of rotatable bonds is 9. The van der Waals surface area contributed by atoms with Crippen LogP contribution >= 0.6 is 11.6 Å². The summed E-state index contributed by atoms with van der Waals surface area (Å²) in [5, 5.41) is 14.4. The Hall–Kier alpha value is -3.13. The maximum absolute atomic E-state index is 13.0. The van der Waals surface area contributed by atoms with Gasteiger partial charge in [0, 0.05) is 18.5 Å². The molecule has 0 unspecified atom stereocenters. The largest absolute Gasteiger partial charge is 0.480 e. The van der Waals surface area contributed by atoms with Gasteiger partial charge in [0.1, 0.15) is 23.8 Å². The van der Waals surface area contributed by atoms with Gasteiger partial charge in [-0.3, -0.25) is 9.59 Å². The van der Waals surface area contributed by atoms with E-state index in [0.29, 0.717) is 11.3 Å². The van der Waals surface area contributed by atoms with Gasteiger partial charge in [-0.05, 0) is 35.4 Å². The summed E-state index contributed by atoms with van der Waals surface area (Å²) >= 11 is 5.52. The molecule has 2 aromatic rings. The molecule has 0 aliphatic carbocycles. The highest BCUT2D eigenvalue weighted by Gasteiger charge is 2.27. The normalized spacial score (nSPS) is 12.6. The van der Waals surface area contributed by atoms with E-state index in [2.05, 4.69) is 10.6 Å². The van der Waals surface area contributed by atoms with Crippen LogP contribution in [0, 0.1) is 5.82 Å². The van der Waals surface area contributed by atoms with Crippen molar-refractivity contribution in [1.29, 1.82) is 0 Å². The number of halogens is 2. The number of carbonyl (C=O) groups is 3. The first kappa shape index (κ1) is 22.2. The first-order valence-corrected chi connectivity index (χ1v) is 9.29. The Morgan fingerprint density at radius 1 is 0.931 bits per heavy atom. The minimum absolute atomic E-state index is 0.0423. The lowest BCUT2D eigenvalue weighted by atomic mass is 10.0. The lowest BCUT2D eigenvalue weighted by Gasteiger charge is -2.21. The second-order valence-corrected chi connectivity index (χ2v) is 6.70. The molecule has 0 aromatic heterocycles. The van der Waals surface area contributed by atoms with Crippen molar-refractivity contribution in [3.8, 4) is 0 Å². The SMILES string of the molecule is Nc1ccc(C[C@H](NC(=O)CCl)C(=O)N[C@@H](Cc2ccc(F)cc2)C(=O)O)cc1. The minimum Gasteiger partial charge on any atom is -0.480 e. The van der Waals surface area contributed by atoms with E-state index in [4.69, 9.17) is 17.3 Å². The topological polar surface area (TPSA) is 122 Å². The van der Waals surface area contributed by atoms with Crippen LogP contribution in [0.25, 0.3) is 0 Å². The number of carboxylic acids is 1. The van der Waals surface area contributed by atoms with E-state index in [1.54, 1.807) is 24.3 Å². The van der Waals surface area contributed by atoms with Crippen LogP contribution in [-0.2, 0) is 27.2 Å². The van der Waals surface area contributed by atoms with Gasteiger partial charge >= 0.3 is 5.97 Å². The van der Waals surface area contributed by atoms with Crippen LogP contribution in [0.15, 0.2) is 48.5 Å². The van der Waals surface area contributed by atoms with Gasteiger partial charge in [-0.25, -0.2) is 9.18 Å². The number of hydrogen-bond acceptors (Lipinski definition) is 4. The molecule has 0 radical (unpaired) electrons. The van der Waals surface area contributed by atoms with E-state index in [9.17, 15) is 23.9 Å². The van der Waals surface area contributed by atoms with Crippen molar-refractivity contribution in [2.45, 2.75) is 24.9 Å². The van der Waals surface area contributed by atoms with E-state index in [0.717, 1.165) is 5.56 Å². The third-order valence-electron chi connectivity index (χ3n) is 4.16. The number of alkyl halides is 1. The van der Waals surface area contributed by atoms with Gasteiger partial charge in [0.2, 0.25) is 11.8 Å². The van der Waals surface area contributed by atoms with Gasteiger partial charge in [-0.1, -0.05) is 24.3 Å². The number of anilines is 1. The van der Waals surface area contributed by atoms with E-state index in [1.165, 1.54) is 24.3 Å². The van der Waals surface area contributed by atoms with E-state index < -0.39 is 35.7 Å². The quantitative estimate of drug-likeness (QED) is 0.361. The van der Waals surface area contributed by atoms with Gasteiger partial charge in [-0.15, -0.1) is 11.6 Å². The Labute approximate surface area is 172 Å². The molecule has 7 nitrogen and oxygen atoms in total. The first-order valence-electron chi connectivity index (χ1n) is 8.76. The molecule has 0 aliphatic heterocycles. The summed E-state index contributed by atoms with van der Waals surface area (Å²) in [5.74, 6) is -3.28. The molecule has 2 amide bonds. The molecule has 2 rings (SSSR count). The van der Waals surface area contributed by atoms with Crippen LogP contribution in [0.2, 0.25) is 0 Å². The molecular weight excluding hydrogens is 401 g/mol. The zero-order valence-corrected chi connectivity index (χ0v) is 16.2. The van der Waals surface area contributed by atoms with Crippen LogP contribution in [0.4, 0.5) is 10.1 Å². The highest BCUT2D eigenvalue weighted by Crippen LogP contribution is 2.10. The molecule has 0 fully saturated rings. The molecule has 5 N–H and O–H groups in total. The number of aliphatic carboxylic acids is 1. The molecule has 2 atom stereocenters. The molecule has 2 aromatic carbocycles. The van der Waals surface area contributed by atoms with Crippen LogP contribution in [0.5, 0.6) is 0 Å². The predicted octanol–water partition coefficient (Wildman–Crippen LogP) is 1.49. The number of nitrogens with two attached hydrogens (primary N) is 1. The second-order valence-electron chi connectivity index (χ2n) is 6.43. The molecule has 9 heteroatoms. The van der Waals surface area contributed by atoms with Gasteiger partial charge in [0.15, 0.2) is 0 Å². The van der Waals surface area contributed by atoms with Gasteiger partial charge in [0.25, 0.3) is 0 Å². The minimum atomic E-state index is -1.25. The maximum Gasteiger partial charge on any atom is 0.326 e. The number of nitrogens with one attached hydrogen (secondary N) is 2. The molecule has 0 aliphatic rings. The van der Waals surface area contributed by atoms with Crippen molar-refractivity contribution < 1.29 is 23.9 Å². The molecule has 0 heterocycles.